The molecule has 0 aliphatic heterocycles. The monoisotopic (exact) mass is 411 g/mol. The molecule has 1 amide bonds. The maximum absolute atomic E-state index is 13.6. The Morgan fingerprint density at radius 1 is 1.07 bits per heavy atom. The highest BCUT2D eigenvalue weighted by atomic mass is 35.5. The second kappa shape index (κ2) is 9.75. The van der Waals surface area contributed by atoms with Crippen LogP contribution in [0.2, 0.25) is 5.02 Å². The Morgan fingerprint density at radius 3 is 2.55 bits per heavy atom. The van der Waals surface area contributed by atoms with Crippen LogP contribution in [0.25, 0.3) is 6.08 Å². The van der Waals surface area contributed by atoms with Crippen LogP contribution >= 0.6 is 11.6 Å². The summed E-state index contributed by atoms with van der Waals surface area (Å²) in [4.78, 5) is 12.0. The number of nitrogens with one attached hydrogen (secondary N) is 1. The standard InChI is InChI=1S/C23H19ClFNO3/c1-28-22-14-16(9-13-23(27)26-20-5-3-2-4-19(20)25)8-12-21(22)29-15-17-6-10-18(24)11-7-17/h2-14H,15H2,1H3,(H,26,27)/b13-9+. The van der Waals surface area contributed by atoms with E-state index in [1.807, 2.05) is 12.1 Å². The molecule has 0 unspecified atom stereocenters. The van der Waals surface area contributed by atoms with Gasteiger partial charge in [0.05, 0.1) is 12.8 Å². The molecular weight excluding hydrogens is 393 g/mol. The largest absolute Gasteiger partial charge is 0.493 e. The SMILES string of the molecule is COc1cc(/C=C/C(=O)Nc2ccccc2F)ccc1OCc1ccc(Cl)cc1. The van der Waals surface area contributed by atoms with Crippen molar-refractivity contribution in [1.82, 2.24) is 0 Å². The van der Waals surface area contributed by atoms with Crippen molar-refractivity contribution in [2.75, 3.05) is 12.4 Å². The van der Waals surface area contributed by atoms with Gasteiger partial charge in [-0.15, -0.1) is 0 Å². The van der Waals surface area contributed by atoms with Gasteiger partial charge in [0, 0.05) is 11.1 Å². The van der Waals surface area contributed by atoms with Crippen molar-refractivity contribution in [3.63, 3.8) is 0 Å². The number of carbonyl (C=O) groups excluding carboxylic acids is 1. The molecule has 0 bridgehead atoms. The number of halogens is 2. The normalized spacial score (nSPS) is 10.7. The number of ether oxygens (including phenoxy) is 2. The lowest BCUT2D eigenvalue weighted by molar-refractivity contribution is -0.111. The third-order valence-corrected chi connectivity index (χ3v) is 4.31. The van der Waals surface area contributed by atoms with Gasteiger partial charge in [-0.25, -0.2) is 4.39 Å². The molecular formula is C23H19ClFNO3. The molecule has 0 spiro atoms. The lowest BCUT2D eigenvalue weighted by Crippen LogP contribution is -2.09. The Balaban J connectivity index is 1.64. The molecule has 0 aliphatic carbocycles. The maximum atomic E-state index is 13.6. The van der Waals surface area contributed by atoms with Crippen molar-refractivity contribution in [3.05, 3.63) is 94.8 Å². The number of rotatable bonds is 7. The number of benzene rings is 3. The highest BCUT2D eigenvalue weighted by Gasteiger charge is 2.07. The van der Waals surface area contributed by atoms with Crippen LogP contribution in [0.5, 0.6) is 11.5 Å². The first-order valence-electron chi connectivity index (χ1n) is 8.84. The van der Waals surface area contributed by atoms with Crippen LogP contribution in [0.3, 0.4) is 0 Å². The molecule has 3 aromatic carbocycles. The number of anilines is 1. The van der Waals surface area contributed by atoms with Gasteiger partial charge >= 0.3 is 0 Å². The topological polar surface area (TPSA) is 47.6 Å². The molecule has 4 nitrogen and oxygen atoms in total. The molecule has 0 aromatic heterocycles. The van der Waals surface area contributed by atoms with E-state index in [4.69, 9.17) is 21.1 Å². The van der Waals surface area contributed by atoms with E-state index in [9.17, 15) is 9.18 Å². The Labute approximate surface area is 173 Å². The minimum atomic E-state index is -0.488. The molecule has 0 aliphatic rings. The summed E-state index contributed by atoms with van der Waals surface area (Å²) in [5.74, 6) is 0.196. The number of para-hydroxylation sites is 1. The molecule has 3 rings (SSSR count). The minimum absolute atomic E-state index is 0.130. The first kappa shape index (κ1) is 20.4. The predicted octanol–water partition coefficient (Wildman–Crippen LogP) is 5.72. The van der Waals surface area contributed by atoms with E-state index in [-0.39, 0.29) is 5.69 Å². The molecule has 148 valence electrons. The fourth-order valence-corrected chi connectivity index (χ4v) is 2.68. The maximum Gasteiger partial charge on any atom is 0.248 e. The predicted molar refractivity (Wildman–Crippen MR) is 113 cm³/mol. The Morgan fingerprint density at radius 2 is 1.83 bits per heavy atom. The van der Waals surface area contributed by atoms with E-state index < -0.39 is 11.7 Å². The second-order valence-corrected chi connectivity index (χ2v) is 6.56. The number of amides is 1. The van der Waals surface area contributed by atoms with E-state index in [2.05, 4.69) is 5.32 Å². The molecule has 0 radical (unpaired) electrons. The van der Waals surface area contributed by atoms with E-state index in [1.54, 1.807) is 55.7 Å². The smallest absolute Gasteiger partial charge is 0.248 e. The summed E-state index contributed by atoms with van der Waals surface area (Å²) >= 11 is 5.88. The van der Waals surface area contributed by atoms with E-state index >= 15 is 0 Å². The van der Waals surface area contributed by atoms with Crippen LogP contribution in [-0.4, -0.2) is 13.0 Å². The van der Waals surface area contributed by atoms with Gasteiger partial charge in [-0.3, -0.25) is 4.79 Å². The summed E-state index contributed by atoms with van der Waals surface area (Å²) in [5, 5.41) is 3.16. The Hall–Kier alpha value is -3.31. The van der Waals surface area contributed by atoms with E-state index in [0.29, 0.717) is 23.1 Å². The first-order valence-corrected chi connectivity index (χ1v) is 9.22. The molecule has 3 aromatic rings. The molecule has 1 N–H and O–H groups in total. The van der Waals surface area contributed by atoms with Gasteiger partial charge in [-0.2, -0.15) is 0 Å². The lowest BCUT2D eigenvalue weighted by atomic mass is 10.2. The lowest BCUT2D eigenvalue weighted by Gasteiger charge is -2.11. The fraction of sp³-hybridized carbons (Fsp3) is 0.0870. The molecule has 0 fully saturated rings. The summed E-state index contributed by atoms with van der Waals surface area (Å²) in [7, 11) is 1.54. The van der Waals surface area contributed by atoms with Crippen molar-refractivity contribution in [2.45, 2.75) is 6.61 Å². The Kier molecular flexibility index (Phi) is 6.87. The van der Waals surface area contributed by atoms with Crippen molar-refractivity contribution in [3.8, 4) is 11.5 Å². The van der Waals surface area contributed by atoms with Crippen LogP contribution in [0.15, 0.2) is 72.8 Å². The van der Waals surface area contributed by atoms with Crippen LogP contribution < -0.4 is 14.8 Å². The summed E-state index contributed by atoms with van der Waals surface area (Å²) in [5.41, 5.74) is 1.85. The van der Waals surface area contributed by atoms with Gasteiger partial charge in [-0.05, 0) is 53.6 Å². The molecule has 0 saturated carbocycles. The average Bonchev–Trinajstić information content (AvgIpc) is 2.74. The number of methoxy groups -OCH3 is 1. The molecule has 6 heteroatoms. The molecule has 0 heterocycles. The molecule has 0 atom stereocenters. The third kappa shape index (κ3) is 5.83. The van der Waals surface area contributed by atoms with Crippen LogP contribution in [0.4, 0.5) is 10.1 Å². The van der Waals surface area contributed by atoms with Gasteiger partial charge in [0.2, 0.25) is 5.91 Å². The zero-order chi connectivity index (χ0) is 20.6. The number of carbonyl (C=O) groups is 1. The van der Waals surface area contributed by atoms with Crippen LogP contribution in [-0.2, 0) is 11.4 Å². The second-order valence-electron chi connectivity index (χ2n) is 6.13. The fourth-order valence-electron chi connectivity index (χ4n) is 2.56. The van der Waals surface area contributed by atoms with Crippen molar-refractivity contribution < 1.29 is 18.7 Å². The Bertz CT molecular complexity index is 1020. The molecule has 29 heavy (non-hydrogen) atoms. The molecule has 0 saturated heterocycles. The van der Waals surface area contributed by atoms with Gasteiger partial charge < -0.3 is 14.8 Å². The quantitative estimate of drug-likeness (QED) is 0.506. The van der Waals surface area contributed by atoms with Crippen LogP contribution in [0, 0.1) is 5.82 Å². The van der Waals surface area contributed by atoms with E-state index in [1.165, 1.54) is 18.2 Å². The van der Waals surface area contributed by atoms with Crippen molar-refractivity contribution in [1.29, 1.82) is 0 Å². The van der Waals surface area contributed by atoms with Crippen molar-refractivity contribution >= 4 is 29.3 Å². The van der Waals surface area contributed by atoms with Gasteiger partial charge in [0.25, 0.3) is 0 Å². The average molecular weight is 412 g/mol. The van der Waals surface area contributed by atoms with Gasteiger partial charge in [0.1, 0.15) is 12.4 Å². The third-order valence-electron chi connectivity index (χ3n) is 4.05. The highest BCUT2D eigenvalue weighted by molar-refractivity contribution is 6.30. The summed E-state index contributed by atoms with van der Waals surface area (Å²) < 4.78 is 24.8. The minimum Gasteiger partial charge on any atom is -0.493 e. The van der Waals surface area contributed by atoms with Crippen LogP contribution in [0.1, 0.15) is 11.1 Å². The summed E-state index contributed by atoms with van der Waals surface area (Å²) in [6.07, 6.45) is 2.94. The zero-order valence-corrected chi connectivity index (χ0v) is 16.4. The van der Waals surface area contributed by atoms with E-state index in [0.717, 1.165) is 11.1 Å². The highest BCUT2D eigenvalue weighted by Crippen LogP contribution is 2.29. The van der Waals surface area contributed by atoms with Gasteiger partial charge in [-0.1, -0.05) is 41.9 Å². The number of hydrogen-bond acceptors (Lipinski definition) is 3. The summed E-state index contributed by atoms with van der Waals surface area (Å²) in [6.45, 7) is 0.369. The first-order chi connectivity index (χ1) is 14.0. The van der Waals surface area contributed by atoms with Crippen molar-refractivity contribution in [2.24, 2.45) is 0 Å². The number of hydrogen-bond donors (Lipinski definition) is 1. The van der Waals surface area contributed by atoms with Gasteiger partial charge in [0.15, 0.2) is 11.5 Å². The summed E-state index contributed by atoms with van der Waals surface area (Å²) in [6, 6.07) is 18.7. The zero-order valence-electron chi connectivity index (χ0n) is 15.7.